The molecule has 2 aromatic heterocycles. The van der Waals surface area contributed by atoms with Crippen molar-refractivity contribution in [3.05, 3.63) is 47.4 Å². The Kier molecular flexibility index (Phi) is 3.40. The summed E-state index contributed by atoms with van der Waals surface area (Å²) in [5, 5.41) is 11.5. The predicted molar refractivity (Wildman–Crippen MR) is 89.0 cm³/mol. The molecule has 6 heteroatoms. The van der Waals surface area contributed by atoms with Crippen molar-refractivity contribution < 1.29 is 9.26 Å². The molecule has 0 spiro atoms. The van der Waals surface area contributed by atoms with Gasteiger partial charge in [-0.25, -0.2) is 0 Å². The van der Waals surface area contributed by atoms with Crippen LogP contribution in [0.3, 0.4) is 0 Å². The van der Waals surface area contributed by atoms with Gasteiger partial charge >= 0.3 is 0 Å². The maximum absolute atomic E-state index is 5.47. The van der Waals surface area contributed by atoms with Crippen LogP contribution in [0.5, 0.6) is 5.75 Å². The SMILES string of the molecule is COc1cccc(C2(c3noc(-c4cc(C(C)C)[nH]n4)n3)CC2)c1. The van der Waals surface area contributed by atoms with E-state index in [1.165, 1.54) is 5.56 Å². The Morgan fingerprint density at radius 3 is 2.75 bits per heavy atom. The maximum atomic E-state index is 5.47. The Hall–Kier alpha value is -2.63. The fraction of sp³-hybridized carbons (Fsp3) is 0.389. The average Bonchev–Trinajstić information content (AvgIpc) is 3.03. The zero-order chi connectivity index (χ0) is 16.7. The van der Waals surface area contributed by atoms with E-state index in [0.717, 1.165) is 30.1 Å². The first kappa shape index (κ1) is 14.9. The summed E-state index contributed by atoms with van der Waals surface area (Å²) in [5.74, 6) is 2.40. The fourth-order valence-corrected chi connectivity index (χ4v) is 2.95. The number of benzene rings is 1. The van der Waals surface area contributed by atoms with Crippen LogP contribution in [0.2, 0.25) is 0 Å². The molecule has 0 unspecified atom stereocenters. The van der Waals surface area contributed by atoms with E-state index in [1.807, 2.05) is 18.2 Å². The molecule has 1 saturated carbocycles. The monoisotopic (exact) mass is 324 g/mol. The maximum Gasteiger partial charge on any atom is 0.278 e. The van der Waals surface area contributed by atoms with E-state index >= 15 is 0 Å². The minimum Gasteiger partial charge on any atom is -0.497 e. The fourth-order valence-electron chi connectivity index (χ4n) is 2.95. The third-order valence-corrected chi connectivity index (χ3v) is 4.67. The number of hydrogen-bond donors (Lipinski definition) is 1. The molecule has 1 aromatic carbocycles. The van der Waals surface area contributed by atoms with Gasteiger partial charge in [-0.3, -0.25) is 5.10 Å². The summed E-state index contributed by atoms with van der Waals surface area (Å²) in [4.78, 5) is 4.62. The van der Waals surface area contributed by atoms with E-state index < -0.39 is 0 Å². The van der Waals surface area contributed by atoms with Crippen LogP contribution in [0.15, 0.2) is 34.9 Å². The first-order chi connectivity index (χ1) is 11.6. The zero-order valence-electron chi connectivity index (χ0n) is 14.0. The van der Waals surface area contributed by atoms with Crippen LogP contribution in [-0.4, -0.2) is 27.4 Å². The Morgan fingerprint density at radius 1 is 1.25 bits per heavy atom. The number of H-pyrrole nitrogens is 1. The lowest BCUT2D eigenvalue weighted by Crippen LogP contribution is -2.11. The van der Waals surface area contributed by atoms with Gasteiger partial charge in [-0.2, -0.15) is 10.1 Å². The van der Waals surface area contributed by atoms with Crippen molar-refractivity contribution in [1.82, 2.24) is 20.3 Å². The van der Waals surface area contributed by atoms with Crippen molar-refractivity contribution in [3.8, 4) is 17.3 Å². The van der Waals surface area contributed by atoms with E-state index in [9.17, 15) is 0 Å². The summed E-state index contributed by atoms with van der Waals surface area (Å²) in [6.45, 7) is 4.22. The molecule has 24 heavy (non-hydrogen) atoms. The number of hydrogen-bond acceptors (Lipinski definition) is 5. The highest BCUT2D eigenvalue weighted by molar-refractivity contribution is 5.49. The van der Waals surface area contributed by atoms with Crippen LogP contribution in [0, 0.1) is 0 Å². The number of nitrogens with one attached hydrogen (secondary N) is 1. The molecular formula is C18H20N4O2. The number of nitrogens with zero attached hydrogens (tertiary/aromatic N) is 3. The van der Waals surface area contributed by atoms with Crippen molar-refractivity contribution in [2.75, 3.05) is 7.11 Å². The van der Waals surface area contributed by atoms with E-state index in [-0.39, 0.29) is 5.41 Å². The normalized spacial score (nSPS) is 15.7. The first-order valence-electron chi connectivity index (χ1n) is 8.17. The molecule has 6 nitrogen and oxygen atoms in total. The highest BCUT2D eigenvalue weighted by atomic mass is 16.5. The smallest absolute Gasteiger partial charge is 0.278 e. The van der Waals surface area contributed by atoms with Gasteiger partial charge in [-0.1, -0.05) is 31.1 Å². The average molecular weight is 324 g/mol. The van der Waals surface area contributed by atoms with Crippen molar-refractivity contribution in [2.24, 2.45) is 0 Å². The molecular weight excluding hydrogens is 304 g/mol. The van der Waals surface area contributed by atoms with Gasteiger partial charge in [0.15, 0.2) is 11.5 Å². The molecule has 4 rings (SSSR count). The Balaban J connectivity index is 1.66. The molecule has 0 radical (unpaired) electrons. The van der Waals surface area contributed by atoms with E-state index in [1.54, 1.807) is 7.11 Å². The molecule has 2 heterocycles. The van der Waals surface area contributed by atoms with Crippen LogP contribution in [0.4, 0.5) is 0 Å². The number of ether oxygens (including phenoxy) is 1. The largest absolute Gasteiger partial charge is 0.497 e. The summed E-state index contributed by atoms with van der Waals surface area (Å²) < 4.78 is 10.8. The van der Waals surface area contributed by atoms with Crippen molar-refractivity contribution in [1.29, 1.82) is 0 Å². The number of methoxy groups -OCH3 is 1. The van der Waals surface area contributed by atoms with Crippen molar-refractivity contribution in [2.45, 2.75) is 38.0 Å². The van der Waals surface area contributed by atoms with Gasteiger partial charge in [-0.15, -0.1) is 0 Å². The number of aromatic amines is 1. The zero-order valence-corrected chi connectivity index (χ0v) is 14.0. The minimum atomic E-state index is -0.159. The summed E-state index contributed by atoms with van der Waals surface area (Å²) >= 11 is 0. The molecule has 1 fully saturated rings. The van der Waals surface area contributed by atoms with Crippen LogP contribution in [-0.2, 0) is 5.41 Å². The van der Waals surface area contributed by atoms with Gasteiger partial charge in [0.25, 0.3) is 5.89 Å². The molecule has 1 aliphatic carbocycles. The quantitative estimate of drug-likeness (QED) is 0.775. The second kappa shape index (κ2) is 5.47. The summed E-state index contributed by atoms with van der Waals surface area (Å²) in [7, 11) is 1.68. The minimum absolute atomic E-state index is 0.159. The Labute approximate surface area is 140 Å². The lowest BCUT2D eigenvalue weighted by molar-refractivity contribution is 0.411. The van der Waals surface area contributed by atoms with E-state index in [0.29, 0.717) is 17.5 Å². The van der Waals surface area contributed by atoms with Crippen LogP contribution < -0.4 is 4.74 Å². The predicted octanol–water partition coefficient (Wildman–Crippen LogP) is 3.67. The molecule has 0 amide bonds. The Morgan fingerprint density at radius 2 is 2.08 bits per heavy atom. The Bertz CT molecular complexity index is 861. The van der Waals surface area contributed by atoms with Crippen molar-refractivity contribution >= 4 is 0 Å². The van der Waals surface area contributed by atoms with Gasteiger partial charge in [0.05, 0.1) is 12.5 Å². The number of rotatable bonds is 5. The molecule has 0 atom stereocenters. The highest BCUT2D eigenvalue weighted by Gasteiger charge is 2.50. The van der Waals surface area contributed by atoms with E-state index in [2.05, 4.69) is 46.3 Å². The van der Waals surface area contributed by atoms with Crippen LogP contribution >= 0.6 is 0 Å². The lowest BCUT2D eigenvalue weighted by atomic mass is 9.95. The summed E-state index contributed by atoms with van der Waals surface area (Å²) in [5.41, 5.74) is 2.75. The van der Waals surface area contributed by atoms with Gasteiger partial charge in [0.1, 0.15) is 5.75 Å². The summed E-state index contributed by atoms with van der Waals surface area (Å²) in [6.07, 6.45) is 2.02. The lowest BCUT2D eigenvalue weighted by Gasteiger charge is -2.12. The third kappa shape index (κ3) is 2.38. The standard InChI is InChI=1S/C18H20N4O2/c1-11(2)14-10-15(21-20-14)16-19-17(22-24-16)18(7-8-18)12-5-4-6-13(9-12)23-3/h4-6,9-11H,7-8H2,1-3H3,(H,20,21). The molecule has 0 aliphatic heterocycles. The van der Waals surface area contributed by atoms with Gasteiger partial charge in [0, 0.05) is 5.69 Å². The second-order valence-corrected chi connectivity index (χ2v) is 6.60. The van der Waals surface area contributed by atoms with Crippen LogP contribution in [0.1, 0.15) is 49.7 Å². The topological polar surface area (TPSA) is 76.8 Å². The van der Waals surface area contributed by atoms with Gasteiger partial charge in [0.2, 0.25) is 0 Å². The van der Waals surface area contributed by atoms with Gasteiger partial charge < -0.3 is 9.26 Å². The molecule has 1 aliphatic rings. The molecule has 1 N–H and O–H groups in total. The third-order valence-electron chi connectivity index (χ3n) is 4.67. The van der Waals surface area contributed by atoms with Gasteiger partial charge in [-0.05, 0) is 42.5 Å². The molecule has 0 bridgehead atoms. The highest BCUT2D eigenvalue weighted by Crippen LogP contribution is 2.53. The first-order valence-corrected chi connectivity index (χ1v) is 8.17. The molecule has 3 aromatic rings. The molecule has 124 valence electrons. The number of aromatic nitrogens is 4. The van der Waals surface area contributed by atoms with Crippen molar-refractivity contribution in [3.63, 3.8) is 0 Å². The second-order valence-electron chi connectivity index (χ2n) is 6.60. The van der Waals surface area contributed by atoms with Crippen LogP contribution in [0.25, 0.3) is 11.6 Å². The van der Waals surface area contributed by atoms with E-state index in [4.69, 9.17) is 9.26 Å². The molecule has 0 saturated heterocycles. The summed E-state index contributed by atoms with van der Waals surface area (Å²) in [6, 6.07) is 10.1.